The molecule has 1 aromatic rings. The Morgan fingerprint density at radius 1 is 1.41 bits per heavy atom. The molecular formula is C13H18O4. The summed E-state index contributed by atoms with van der Waals surface area (Å²) in [5.41, 5.74) is 1.14. The zero-order valence-corrected chi connectivity index (χ0v) is 10.0. The number of aliphatic hydroxyl groups excluding tert-OH is 1. The van der Waals surface area contributed by atoms with Crippen molar-refractivity contribution in [3.05, 3.63) is 23.8 Å². The normalized spacial score (nSPS) is 17.9. The Hall–Kier alpha value is -1.26. The van der Waals surface area contributed by atoms with Crippen LogP contribution in [0.4, 0.5) is 0 Å². The third-order valence-electron chi connectivity index (χ3n) is 2.68. The molecule has 94 valence electrons. The highest BCUT2D eigenvalue weighted by Gasteiger charge is 2.23. The lowest BCUT2D eigenvalue weighted by atomic mass is 10.1. The number of aliphatic hydroxyl groups is 1. The van der Waals surface area contributed by atoms with Gasteiger partial charge in [0.25, 0.3) is 0 Å². The minimum Gasteiger partial charge on any atom is -0.493 e. The molecule has 1 fully saturated rings. The van der Waals surface area contributed by atoms with Gasteiger partial charge in [-0.15, -0.1) is 0 Å². The van der Waals surface area contributed by atoms with E-state index in [0.29, 0.717) is 6.61 Å². The molecule has 0 radical (unpaired) electrons. The molecule has 0 bridgehead atoms. The van der Waals surface area contributed by atoms with Gasteiger partial charge in [-0.3, -0.25) is 0 Å². The van der Waals surface area contributed by atoms with E-state index in [2.05, 4.69) is 0 Å². The molecule has 1 aliphatic rings. The van der Waals surface area contributed by atoms with E-state index in [1.165, 1.54) is 0 Å². The summed E-state index contributed by atoms with van der Waals surface area (Å²) in [5, 5.41) is 8.79. The summed E-state index contributed by atoms with van der Waals surface area (Å²) >= 11 is 0. The molecule has 1 unspecified atom stereocenters. The lowest BCUT2D eigenvalue weighted by Crippen LogP contribution is -2.05. The van der Waals surface area contributed by atoms with E-state index < -0.39 is 0 Å². The second-order valence-electron chi connectivity index (χ2n) is 4.08. The van der Waals surface area contributed by atoms with Crippen LogP contribution in [0.2, 0.25) is 0 Å². The third-order valence-corrected chi connectivity index (χ3v) is 2.68. The zero-order valence-electron chi connectivity index (χ0n) is 10.0. The Bertz CT molecular complexity index is 360. The first-order chi connectivity index (χ1) is 8.33. The molecular weight excluding hydrogens is 220 g/mol. The topological polar surface area (TPSA) is 51.2 Å². The van der Waals surface area contributed by atoms with Gasteiger partial charge < -0.3 is 19.3 Å². The van der Waals surface area contributed by atoms with Gasteiger partial charge in [-0.2, -0.15) is 0 Å². The molecule has 17 heavy (non-hydrogen) atoms. The van der Waals surface area contributed by atoms with Crippen LogP contribution in [0, 0.1) is 0 Å². The Balaban J connectivity index is 1.98. The molecule has 1 heterocycles. The minimum atomic E-state index is 0.208. The van der Waals surface area contributed by atoms with Gasteiger partial charge in [0.05, 0.1) is 13.7 Å². The maximum Gasteiger partial charge on any atom is 0.161 e. The summed E-state index contributed by atoms with van der Waals surface area (Å²) in [6, 6.07) is 5.87. The van der Waals surface area contributed by atoms with E-state index >= 15 is 0 Å². The van der Waals surface area contributed by atoms with Gasteiger partial charge in [-0.05, 0) is 30.5 Å². The standard InChI is InChI=1S/C13H18O4/c1-15-13-7-10(3-2-6-14)4-5-12(13)17-9-11-8-16-11/h4-5,7,11,14H,2-3,6,8-9H2,1H3. The summed E-state index contributed by atoms with van der Waals surface area (Å²) < 4.78 is 16.0. The van der Waals surface area contributed by atoms with Crippen molar-refractivity contribution in [3.8, 4) is 11.5 Å². The van der Waals surface area contributed by atoms with E-state index in [4.69, 9.17) is 19.3 Å². The molecule has 0 saturated carbocycles. The molecule has 1 aromatic carbocycles. The molecule has 4 nitrogen and oxygen atoms in total. The fraction of sp³-hybridized carbons (Fsp3) is 0.538. The molecule has 1 aliphatic heterocycles. The average molecular weight is 238 g/mol. The molecule has 2 rings (SSSR count). The molecule has 0 aliphatic carbocycles. The lowest BCUT2D eigenvalue weighted by molar-refractivity contribution is 0.252. The SMILES string of the molecule is COc1cc(CCCO)ccc1OCC1CO1. The van der Waals surface area contributed by atoms with Gasteiger partial charge in [0.15, 0.2) is 11.5 Å². The van der Waals surface area contributed by atoms with Crippen LogP contribution in [-0.2, 0) is 11.2 Å². The fourth-order valence-corrected chi connectivity index (χ4v) is 1.62. The smallest absolute Gasteiger partial charge is 0.161 e. The van der Waals surface area contributed by atoms with Crippen LogP contribution in [0.25, 0.3) is 0 Å². The molecule has 1 atom stereocenters. The van der Waals surface area contributed by atoms with Crippen molar-refractivity contribution >= 4 is 0 Å². The molecule has 0 amide bonds. The molecule has 1 N–H and O–H groups in total. The number of hydrogen-bond donors (Lipinski definition) is 1. The van der Waals surface area contributed by atoms with Crippen molar-refractivity contribution in [1.29, 1.82) is 0 Å². The maximum absolute atomic E-state index is 8.79. The van der Waals surface area contributed by atoms with Crippen LogP contribution in [0.1, 0.15) is 12.0 Å². The van der Waals surface area contributed by atoms with E-state index in [-0.39, 0.29) is 12.7 Å². The van der Waals surface area contributed by atoms with Crippen molar-refractivity contribution in [1.82, 2.24) is 0 Å². The van der Waals surface area contributed by atoms with Crippen molar-refractivity contribution in [2.24, 2.45) is 0 Å². The van der Waals surface area contributed by atoms with Gasteiger partial charge in [-0.25, -0.2) is 0 Å². The number of ether oxygens (including phenoxy) is 3. The largest absolute Gasteiger partial charge is 0.493 e. The molecule has 4 heteroatoms. The number of methoxy groups -OCH3 is 1. The van der Waals surface area contributed by atoms with E-state index in [0.717, 1.165) is 36.5 Å². The number of hydrogen-bond acceptors (Lipinski definition) is 4. The van der Waals surface area contributed by atoms with Gasteiger partial charge in [0, 0.05) is 6.61 Å². The maximum atomic E-state index is 8.79. The first-order valence-corrected chi connectivity index (χ1v) is 5.85. The number of rotatable bonds is 7. The fourth-order valence-electron chi connectivity index (χ4n) is 1.62. The van der Waals surface area contributed by atoms with Crippen LogP contribution in [0.5, 0.6) is 11.5 Å². The Morgan fingerprint density at radius 3 is 2.88 bits per heavy atom. The van der Waals surface area contributed by atoms with E-state index in [1.807, 2.05) is 18.2 Å². The highest BCUT2D eigenvalue weighted by molar-refractivity contribution is 5.43. The lowest BCUT2D eigenvalue weighted by Gasteiger charge is -2.11. The van der Waals surface area contributed by atoms with Gasteiger partial charge >= 0.3 is 0 Å². The molecule has 0 aromatic heterocycles. The minimum absolute atomic E-state index is 0.208. The van der Waals surface area contributed by atoms with Crippen molar-refractivity contribution < 1.29 is 19.3 Å². The summed E-state index contributed by atoms with van der Waals surface area (Å²) in [4.78, 5) is 0. The third kappa shape index (κ3) is 3.61. The zero-order chi connectivity index (χ0) is 12.1. The highest BCUT2D eigenvalue weighted by Crippen LogP contribution is 2.29. The quantitative estimate of drug-likeness (QED) is 0.729. The average Bonchev–Trinajstić information content (AvgIpc) is 3.18. The summed E-state index contributed by atoms with van der Waals surface area (Å²) in [6.45, 7) is 1.57. The van der Waals surface area contributed by atoms with Crippen LogP contribution >= 0.6 is 0 Å². The first-order valence-electron chi connectivity index (χ1n) is 5.85. The van der Waals surface area contributed by atoms with E-state index in [9.17, 15) is 0 Å². The monoisotopic (exact) mass is 238 g/mol. The summed E-state index contributed by atoms with van der Waals surface area (Å²) in [5.74, 6) is 1.48. The summed E-state index contributed by atoms with van der Waals surface area (Å²) in [7, 11) is 1.63. The second kappa shape index (κ2) is 5.89. The van der Waals surface area contributed by atoms with Gasteiger partial charge in [0.1, 0.15) is 12.7 Å². The van der Waals surface area contributed by atoms with Gasteiger partial charge in [-0.1, -0.05) is 6.07 Å². The van der Waals surface area contributed by atoms with Crippen LogP contribution in [0.15, 0.2) is 18.2 Å². The van der Waals surface area contributed by atoms with Crippen molar-refractivity contribution in [2.75, 3.05) is 26.9 Å². The first kappa shape index (κ1) is 12.2. The molecule has 1 saturated heterocycles. The van der Waals surface area contributed by atoms with Crippen molar-refractivity contribution in [2.45, 2.75) is 18.9 Å². The van der Waals surface area contributed by atoms with Gasteiger partial charge in [0.2, 0.25) is 0 Å². The van der Waals surface area contributed by atoms with Crippen LogP contribution < -0.4 is 9.47 Å². The number of benzene rings is 1. The Kier molecular flexibility index (Phi) is 4.23. The predicted molar refractivity (Wildman–Crippen MR) is 63.6 cm³/mol. The summed E-state index contributed by atoms with van der Waals surface area (Å²) in [6.07, 6.45) is 1.85. The molecule has 0 spiro atoms. The second-order valence-corrected chi connectivity index (χ2v) is 4.08. The van der Waals surface area contributed by atoms with E-state index in [1.54, 1.807) is 7.11 Å². The van der Waals surface area contributed by atoms with Crippen LogP contribution in [0.3, 0.4) is 0 Å². The Labute approximate surface area is 101 Å². The van der Waals surface area contributed by atoms with Crippen LogP contribution in [-0.4, -0.2) is 38.1 Å². The Morgan fingerprint density at radius 2 is 2.24 bits per heavy atom. The number of aryl methyl sites for hydroxylation is 1. The predicted octanol–water partition coefficient (Wildman–Crippen LogP) is 1.40. The van der Waals surface area contributed by atoms with Crippen molar-refractivity contribution in [3.63, 3.8) is 0 Å². The highest BCUT2D eigenvalue weighted by atomic mass is 16.6. The number of epoxide rings is 1.